The first-order chi connectivity index (χ1) is 11.9. The molecule has 1 fully saturated rings. The molecule has 2 amide bonds. The standard InChI is InChI=1S/C17H16Cl2N4O2/c18-11-3-4-14(23-5-1-2-15(23)24)10(6-11)8-22-9-12(19)7-13(16(22)20)17(21)25/h3-4,6-7,9,20H,1-2,5,8H2,(H2,21,25). The lowest BCUT2D eigenvalue weighted by molar-refractivity contribution is -0.117. The molecule has 0 atom stereocenters. The van der Waals surface area contributed by atoms with Gasteiger partial charge in [-0.15, -0.1) is 0 Å². The molecule has 3 rings (SSSR count). The van der Waals surface area contributed by atoms with Crippen molar-refractivity contribution in [2.75, 3.05) is 11.4 Å². The Kier molecular flexibility index (Phi) is 4.83. The van der Waals surface area contributed by atoms with E-state index in [9.17, 15) is 9.59 Å². The number of anilines is 1. The number of carbonyl (C=O) groups is 2. The number of halogens is 2. The summed E-state index contributed by atoms with van der Waals surface area (Å²) in [6.45, 7) is 0.882. The Morgan fingerprint density at radius 2 is 2.00 bits per heavy atom. The van der Waals surface area contributed by atoms with Gasteiger partial charge in [0, 0.05) is 29.9 Å². The Morgan fingerprint density at radius 3 is 2.64 bits per heavy atom. The van der Waals surface area contributed by atoms with Crippen LogP contribution in [0, 0.1) is 5.41 Å². The average molecular weight is 379 g/mol. The van der Waals surface area contributed by atoms with Crippen molar-refractivity contribution in [3.8, 4) is 0 Å². The zero-order chi connectivity index (χ0) is 18.1. The second kappa shape index (κ2) is 6.90. The number of nitrogens with two attached hydrogens (primary N) is 1. The Bertz CT molecular complexity index is 923. The number of hydrogen-bond acceptors (Lipinski definition) is 3. The topological polar surface area (TPSA) is 92.2 Å². The molecule has 0 unspecified atom stereocenters. The first kappa shape index (κ1) is 17.5. The van der Waals surface area contributed by atoms with Crippen molar-refractivity contribution in [1.82, 2.24) is 4.57 Å². The number of hydrogen-bond donors (Lipinski definition) is 2. The van der Waals surface area contributed by atoms with Gasteiger partial charge in [-0.3, -0.25) is 15.0 Å². The van der Waals surface area contributed by atoms with Gasteiger partial charge >= 0.3 is 0 Å². The van der Waals surface area contributed by atoms with Crippen molar-refractivity contribution in [1.29, 1.82) is 5.41 Å². The first-order valence-corrected chi connectivity index (χ1v) is 8.45. The molecule has 1 aliphatic heterocycles. The molecule has 2 heterocycles. The molecule has 0 spiro atoms. The van der Waals surface area contributed by atoms with Crippen LogP contribution in [0.5, 0.6) is 0 Å². The van der Waals surface area contributed by atoms with Crippen molar-refractivity contribution in [2.45, 2.75) is 19.4 Å². The number of rotatable bonds is 4. The van der Waals surface area contributed by atoms with E-state index < -0.39 is 5.91 Å². The van der Waals surface area contributed by atoms with E-state index in [0.29, 0.717) is 23.0 Å². The average Bonchev–Trinajstić information content (AvgIpc) is 2.96. The Morgan fingerprint density at radius 1 is 1.24 bits per heavy atom. The molecule has 8 heteroatoms. The van der Waals surface area contributed by atoms with Crippen LogP contribution in [0.2, 0.25) is 10.0 Å². The molecule has 6 nitrogen and oxygen atoms in total. The summed E-state index contributed by atoms with van der Waals surface area (Å²) in [6.07, 6.45) is 2.87. The van der Waals surface area contributed by atoms with Crippen LogP contribution < -0.4 is 16.1 Å². The SMILES string of the molecule is N=c1c(C(N)=O)cc(Cl)cn1Cc1cc(Cl)ccc1N1CCCC1=O. The van der Waals surface area contributed by atoms with Crippen molar-refractivity contribution in [2.24, 2.45) is 5.73 Å². The minimum Gasteiger partial charge on any atom is -0.365 e. The van der Waals surface area contributed by atoms with E-state index >= 15 is 0 Å². The Labute approximate surface area is 154 Å². The fourth-order valence-corrected chi connectivity index (χ4v) is 3.38. The predicted octanol–water partition coefficient (Wildman–Crippen LogP) is 2.55. The molecule has 0 radical (unpaired) electrons. The molecule has 130 valence electrons. The van der Waals surface area contributed by atoms with Crippen LogP contribution in [0.1, 0.15) is 28.8 Å². The summed E-state index contributed by atoms with van der Waals surface area (Å²) in [4.78, 5) is 25.3. The van der Waals surface area contributed by atoms with E-state index in [2.05, 4.69) is 0 Å². The minimum absolute atomic E-state index is 0.0355. The maximum atomic E-state index is 12.1. The van der Waals surface area contributed by atoms with Gasteiger partial charge < -0.3 is 15.2 Å². The number of carbonyl (C=O) groups excluding carboxylic acids is 2. The van der Waals surface area contributed by atoms with Gasteiger partial charge in [-0.25, -0.2) is 0 Å². The normalized spacial score (nSPS) is 14.2. The smallest absolute Gasteiger partial charge is 0.252 e. The van der Waals surface area contributed by atoms with Crippen molar-refractivity contribution in [3.63, 3.8) is 0 Å². The summed E-state index contributed by atoms with van der Waals surface area (Å²) in [7, 11) is 0. The van der Waals surface area contributed by atoms with Gasteiger partial charge in [-0.2, -0.15) is 0 Å². The third-order valence-electron chi connectivity index (χ3n) is 4.12. The van der Waals surface area contributed by atoms with Crippen LogP contribution in [0.15, 0.2) is 30.5 Å². The summed E-state index contributed by atoms with van der Waals surface area (Å²) >= 11 is 12.2. The fraction of sp³-hybridized carbons (Fsp3) is 0.235. The van der Waals surface area contributed by atoms with E-state index in [1.807, 2.05) is 0 Å². The Balaban J connectivity index is 2.07. The largest absolute Gasteiger partial charge is 0.365 e. The number of aromatic nitrogens is 1. The first-order valence-electron chi connectivity index (χ1n) is 7.70. The number of primary amides is 1. The molecule has 25 heavy (non-hydrogen) atoms. The minimum atomic E-state index is -0.720. The third-order valence-corrected chi connectivity index (χ3v) is 4.56. The van der Waals surface area contributed by atoms with Crippen LogP contribution in [-0.4, -0.2) is 22.9 Å². The fourth-order valence-electron chi connectivity index (χ4n) is 2.95. The summed E-state index contributed by atoms with van der Waals surface area (Å²) in [5.41, 5.74) is 6.81. The second-order valence-electron chi connectivity index (χ2n) is 5.83. The number of nitrogens with zero attached hydrogens (tertiary/aromatic N) is 2. The van der Waals surface area contributed by atoms with Gasteiger partial charge in [-0.1, -0.05) is 23.2 Å². The molecule has 1 aromatic carbocycles. The van der Waals surface area contributed by atoms with Gasteiger partial charge in [0.1, 0.15) is 5.49 Å². The number of amides is 2. The quantitative estimate of drug-likeness (QED) is 0.855. The van der Waals surface area contributed by atoms with Gasteiger partial charge in [0.2, 0.25) is 5.91 Å². The Hall–Kier alpha value is -2.31. The van der Waals surface area contributed by atoms with Gasteiger partial charge in [0.05, 0.1) is 17.1 Å². The second-order valence-corrected chi connectivity index (χ2v) is 6.71. The molecular weight excluding hydrogens is 363 g/mol. The molecule has 2 aromatic rings. The highest BCUT2D eigenvalue weighted by Gasteiger charge is 2.24. The molecule has 1 aliphatic rings. The van der Waals surface area contributed by atoms with Crippen LogP contribution in [0.25, 0.3) is 0 Å². The molecular formula is C17H16Cl2N4O2. The van der Waals surface area contributed by atoms with E-state index in [1.54, 1.807) is 29.3 Å². The van der Waals surface area contributed by atoms with Crippen LogP contribution in [0.4, 0.5) is 5.69 Å². The maximum Gasteiger partial charge on any atom is 0.252 e. The summed E-state index contributed by atoms with van der Waals surface area (Å²) in [6, 6.07) is 6.64. The van der Waals surface area contributed by atoms with Crippen LogP contribution >= 0.6 is 23.2 Å². The van der Waals surface area contributed by atoms with Crippen LogP contribution in [0.3, 0.4) is 0 Å². The molecule has 1 saturated heterocycles. The monoisotopic (exact) mass is 378 g/mol. The summed E-state index contributed by atoms with van der Waals surface area (Å²) < 4.78 is 1.51. The van der Waals surface area contributed by atoms with E-state index in [0.717, 1.165) is 17.7 Å². The molecule has 0 aliphatic carbocycles. The summed E-state index contributed by atoms with van der Waals surface area (Å²) in [5.74, 6) is -0.661. The summed E-state index contributed by atoms with van der Waals surface area (Å²) in [5, 5.41) is 9.01. The number of nitrogens with one attached hydrogen (secondary N) is 1. The van der Waals surface area contributed by atoms with Gasteiger partial charge in [0.25, 0.3) is 5.91 Å². The third kappa shape index (κ3) is 3.55. The zero-order valence-electron chi connectivity index (χ0n) is 13.3. The highest BCUT2D eigenvalue weighted by molar-refractivity contribution is 6.31. The van der Waals surface area contributed by atoms with E-state index in [-0.39, 0.29) is 23.5 Å². The van der Waals surface area contributed by atoms with E-state index in [1.165, 1.54) is 10.6 Å². The zero-order valence-corrected chi connectivity index (χ0v) is 14.8. The molecule has 1 aromatic heterocycles. The van der Waals surface area contributed by atoms with Crippen molar-refractivity contribution in [3.05, 3.63) is 57.1 Å². The van der Waals surface area contributed by atoms with Crippen molar-refractivity contribution < 1.29 is 9.59 Å². The molecule has 3 N–H and O–H groups in total. The number of pyridine rings is 1. The molecule has 0 saturated carbocycles. The van der Waals surface area contributed by atoms with E-state index in [4.69, 9.17) is 34.3 Å². The van der Waals surface area contributed by atoms with Crippen LogP contribution in [-0.2, 0) is 11.3 Å². The maximum absolute atomic E-state index is 12.1. The van der Waals surface area contributed by atoms with Gasteiger partial charge in [-0.05, 0) is 36.2 Å². The predicted molar refractivity (Wildman–Crippen MR) is 96.0 cm³/mol. The molecule has 0 bridgehead atoms. The number of benzene rings is 1. The highest BCUT2D eigenvalue weighted by Crippen LogP contribution is 2.28. The highest BCUT2D eigenvalue weighted by atomic mass is 35.5. The lowest BCUT2D eigenvalue weighted by Crippen LogP contribution is -2.31. The lowest BCUT2D eigenvalue weighted by Gasteiger charge is -2.21. The lowest BCUT2D eigenvalue weighted by atomic mass is 10.1. The van der Waals surface area contributed by atoms with Crippen molar-refractivity contribution >= 4 is 40.7 Å². The van der Waals surface area contributed by atoms with Gasteiger partial charge in [0.15, 0.2) is 0 Å².